The van der Waals surface area contributed by atoms with Gasteiger partial charge in [-0.1, -0.05) is 0 Å². The number of Topliss-reactive ketones (excluding diaryl/α,β-unsaturated/α-hetero) is 1. The molecule has 0 saturated heterocycles. The van der Waals surface area contributed by atoms with Crippen LogP contribution < -0.4 is 5.73 Å². The van der Waals surface area contributed by atoms with Crippen molar-refractivity contribution in [2.24, 2.45) is 5.73 Å². The van der Waals surface area contributed by atoms with E-state index >= 15 is 0 Å². The molecule has 4 nitrogen and oxygen atoms in total. The van der Waals surface area contributed by atoms with Gasteiger partial charge in [0.05, 0.1) is 6.04 Å². The Labute approximate surface area is 58.4 Å². The third kappa shape index (κ3) is 3.91. The molecule has 10 heavy (non-hydrogen) atoms. The molecule has 0 bridgehead atoms. The number of nitrogens with two attached hydrogens (primary N) is 1. The van der Waals surface area contributed by atoms with E-state index in [0.717, 1.165) is 0 Å². The maximum Gasteiger partial charge on any atom is 0.195 e. The van der Waals surface area contributed by atoms with Gasteiger partial charge in [-0.3, -0.25) is 9.59 Å². The average molecular weight is 143 g/mol. The summed E-state index contributed by atoms with van der Waals surface area (Å²) in [7, 11) is 0. The lowest BCUT2D eigenvalue weighted by Gasteiger charge is -1.97. The smallest absolute Gasteiger partial charge is 0.195 e. The van der Waals surface area contributed by atoms with Crippen LogP contribution in [0.3, 0.4) is 0 Å². The highest BCUT2D eigenvalue weighted by atomic mass is 16.2. The first kappa shape index (κ1) is 8.97. The molecule has 0 aromatic heterocycles. The number of carbonyl (C=O) groups is 3. The van der Waals surface area contributed by atoms with Crippen LogP contribution in [0.5, 0.6) is 0 Å². The summed E-state index contributed by atoms with van der Waals surface area (Å²) in [5.74, 6) is -0.516. The predicted molar refractivity (Wildman–Crippen MR) is 34.3 cm³/mol. The fraction of sp³-hybridized carbons (Fsp3) is 0.500. The molecule has 0 aliphatic rings. The van der Waals surface area contributed by atoms with Gasteiger partial charge in [0.1, 0.15) is 6.29 Å². The van der Waals surface area contributed by atoms with Crippen LogP contribution in [0.2, 0.25) is 0 Å². The zero-order valence-corrected chi connectivity index (χ0v) is 5.45. The zero-order valence-electron chi connectivity index (χ0n) is 5.45. The van der Waals surface area contributed by atoms with Gasteiger partial charge in [-0.05, 0) is 6.42 Å². The van der Waals surface area contributed by atoms with Gasteiger partial charge in [0.15, 0.2) is 12.1 Å². The molecule has 0 fully saturated rings. The molecule has 0 amide bonds. The first-order valence-electron chi connectivity index (χ1n) is 2.89. The number of ketones is 1. The van der Waals surface area contributed by atoms with Crippen molar-refractivity contribution in [3.63, 3.8) is 0 Å². The molecule has 0 radical (unpaired) electrons. The Morgan fingerprint density at radius 2 is 2.10 bits per heavy atom. The Balaban J connectivity index is 3.43. The van der Waals surface area contributed by atoms with E-state index in [0.29, 0.717) is 6.29 Å². The second-order valence-electron chi connectivity index (χ2n) is 1.92. The Bertz CT molecular complexity index is 144. The molecular weight excluding hydrogens is 134 g/mol. The van der Waals surface area contributed by atoms with Gasteiger partial charge in [-0.2, -0.15) is 0 Å². The van der Waals surface area contributed by atoms with E-state index in [-0.39, 0.29) is 19.1 Å². The number of carbonyl (C=O) groups excluding carboxylic acids is 3. The number of aldehydes is 2. The van der Waals surface area contributed by atoms with Gasteiger partial charge in [0.2, 0.25) is 0 Å². The normalized spacial score (nSPS) is 12.1. The molecule has 4 heteroatoms. The standard InChI is InChI=1S/C6H9NO3/c7-5(3-8)1-2-6(10)4-9/h3-5H,1-2,7H2. The van der Waals surface area contributed by atoms with E-state index in [2.05, 4.69) is 0 Å². The van der Waals surface area contributed by atoms with Crippen LogP contribution in [-0.4, -0.2) is 24.4 Å². The van der Waals surface area contributed by atoms with Crippen molar-refractivity contribution in [1.82, 2.24) is 0 Å². The SMILES string of the molecule is NC(C=O)CCC(=O)C=O. The first-order valence-corrected chi connectivity index (χ1v) is 2.89. The van der Waals surface area contributed by atoms with Crippen LogP contribution in [0.4, 0.5) is 0 Å². The summed E-state index contributed by atoms with van der Waals surface area (Å²) >= 11 is 0. The van der Waals surface area contributed by atoms with E-state index in [1.165, 1.54) is 0 Å². The molecule has 0 saturated carbocycles. The number of hydrogen-bond donors (Lipinski definition) is 1. The minimum Gasteiger partial charge on any atom is -0.322 e. The van der Waals surface area contributed by atoms with Gasteiger partial charge in [0.25, 0.3) is 0 Å². The Morgan fingerprint density at radius 3 is 2.50 bits per heavy atom. The van der Waals surface area contributed by atoms with Crippen molar-refractivity contribution < 1.29 is 14.4 Å². The van der Waals surface area contributed by atoms with Crippen molar-refractivity contribution in [2.75, 3.05) is 0 Å². The molecule has 0 spiro atoms. The van der Waals surface area contributed by atoms with Gasteiger partial charge < -0.3 is 10.5 Å². The van der Waals surface area contributed by atoms with Gasteiger partial charge >= 0.3 is 0 Å². The lowest BCUT2D eigenvalue weighted by molar-refractivity contribution is -0.130. The largest absolute Gasteiger partial charge is 0.322 e. The summed E-state index contributed by atoms with van der Waals surface area (Å²) < 4.78 is 0. The summed E-state index contributed by atoms with van der Waals surface area (Å²) in [5, 5.41) is 0. The van der Waals surface area contributed by atoms with Gasteiger partial charge in [-0.15, -0.1) is 0 Å². The van der Waals surface area contributed by atoms with E-state index in [9.17, 15) is 14.4 Å². The van der Waals surface area contributed by atoms with Crippen LogP contribution in [0.25, 0.3) is 0 Å². The fourth-order valence-corrected chi connectivity index (χ4v) is 0.436. The van der Waals surface area contributed by atoms with E-state index in [1.807, 2.05) is 0 Å². The molecule has 56 valence electrons. The van der Waals surface area contributed by atoms with E-state index in [4.69, 9.17) is 5.73 Å². The lowest BCUT2D eigenvalue weighted by atomic mass is 10.1. The second-order valence-corrected chi connectivity index (χ2v) is 1.92. The summed E-state index contributed by atoms with van der Waals surface area (Å²) in [6, 6.07) is -0.621. The minimum absolute atomic E-state index is 0.0589. The third-order valence-electron chi connectivity index (χ3n) is 1.03. The van der Waals surface area contributed by atoms with Crippen molar-refractivity contribution >= 4 is 18.4 Å². The van der Waals surface area contributed by atoms with Crippen LogP contribution in [0, 0.1) is 0 Å². The summed E-state index contributed by atoms with van der Waals surface area (Å²) in [6.07, 6.45) is 1.10. The molecule has 0 aliphatic carbocycles. The average Bonchev–Trinajstić information content (AvgIpc) is 1.99. The Kier molecular flexibility index (Phi) is 4.32. The monoisotopic (exact) mass is 143 g/mol. The Hall–Kier alpha value is -1.03. The summed E-state index contributed by atoms with van der Waals surface area (Å²) in [4.78, 5) is 29.9. The van der Waals surface area contributed by atoms with Crippen LogP contribution in [0.1, 0.15) is 12.8 Å². The highest BCUT2D eigenvalue weighted by Gasteiger charge is 2.03. The quantitative estimate of drug-likeness (QED) is 0.398. The maximum absolute atomic E-state index is 10.3. The molecule has 1 unspecified atom stereocenters. The second kappa shape index (κ2) is 4.81. The highest BCUT2D eigenvalue weighted by molar-refractivity contribution is 6.24. The molecule has 0 aromatic rings. The topological polar surface area (TPSA) is 77.2 Å². The third-order valence-corrected chi connectivity index (χ3v) is 1.03. The molecule has 0 rings (SSSR count). The van der Waals surface area contributed by atoms with Gasteiger partial charge in [0, 0.05) is 6.42 Å². The van der Waals surface area contributed by atoms with Crippen LogP contribution in [0.15, 0.2) is 0 Å². The molecular formula is C6H9NO3. The fourth-order valence-electron chi connectivity index (χ4n) is 0.436. The van der Waals surface area contributed by atoms with Crippen LogP contribution in [-0.2, 0) is 14.4 Å². The number of rotatable bonds is 5. The lowest BCUT2D eigenvalue weighted by Crippen LogP contribution is -2.22. The highest BCUT2D eigenvalue weighted by Crippen LogP contribution is 1.90. The maximum atomic E-state index is 10.3. The van der Waals surface area contributed by atoms with Gasteiger partial charge in [-0.25, -0.2) is 0 Å². The van der Waals surface area contributed by atoms with Crippen molar-refractivity contribution in [2.45, 2.75) is 18.9 Å². The Morgan fingerprint density at radius 1 is 1.50 bits per heavy atom. The predicted octanol–water partition coefficient (Wildman–Crippen LogP) is -0.939. The molecule has 1 atom stereocenters. The van der Waals surface area contributed by atoms with E-state index < -0.39 is 11.8 Å². The summed E-state index contributed by atoms with van der Waals surface area (Å²) in [6.45, 7) is 0. The molecule has 0 heterocycles. The number of hydrogen-bond acceptors (Lipinski definition) is 4. The minimum atomic E-state index is -0.621. The van der Waals surface area contributed by atoms with E-state index in [1.54, 1.807) is 0 Å². The summed E-state index contributed by atoms with van der Waals surface area (Å²) in [5.41, 5.74) is 5.14. The molecule has 0 aliphatic heterocycles. The molecule has 0 aromatic carbocycles. The van der Waals surface area contributed by atoms with Crippen molar-refractivity contribution in [1.29, 1.82) is 0 Å². The van der Waals surface area contributed by atoms with Crippen LogP contribution >= 0.6 is 0 Å². The van der Waals surface area contributed by atoms with Crippen molar-refractivity contribution in [3.8, 4) is 0 Å². The van der Waals surface area contributed by atoms with Crippen molar-refractivity contribution in [3.05, 3.63) is 0 Å². The first-order chi connectivity index (χ1) is 4.70. The zero-order chi connectivity index (χ0) is 7.98. The molecule has 2 N–H and O–H groups in total.